The van der Waals surface area contributed by atoms with E-state index in [1.807, 2.05) is 26.0 Å². The van der Waals surface area contributed by atoms with Gasteiger partial charge in [-0.05, 0) is 32.5 Å². The highest BCUT2D eigenvalue weighted by Gasteiger charge is 2.21. The van der Waals surface area contributed by atoms with E-state index in [4.69, 9.17) is 10.1 Å². The maximum absolute atomic E-state index is 11.9. The third-order valence-electron chi connectivity index (χ3n) is 2.90. The number of esters is 1. The minimum Gasteiger partial charge on any atom is -0.451 e. The molecule has 98 valence electrons. The summed E-state index contributed by atoms with van der Waals surface area (Å²) < 4.78 is 5.33. The summed E-state index contributed by atoms with van der Waals surface area (Å²) in [4.78, 5) is 11.9. The van der Waals surface area contributed by atoms with Crippen LogP contribution in [0, 0.1) is 12.3 Å². The van der Waals surface area contributed by atoms with E-state index in [2.05, 4.69) is 5.32 Å². The summed E-state index contributed by atoms with van der Waals surface area (Å²) in [6.45, 7) is 3.95. The van der Waals surface area contributed by atoms with Crippen molar-refractivity contribution in [1.29, 1.82) is 5.41 Å². The molecule has 2 unspecified atom stereocenters. The van der Waals surface area contributed by atoms with Gasteiger partial charge < -0.3 is 15.5 Å². The largest absolute Gasteiger partial charge is 0.451 e. The van der Waals surface area contributed by atoms with Crippen molar-refractivity contribution in [2.45, 2.75) is 32.4 Å². The van der Waals surface area contributed by atoms with Crippen LogP contribution in [0.3, 0.4) is 0 Å². The molecule has 1 aromatic rings. The van der Waals surface area contributed by atoms with Crippen LogP contribution in [0.1, 0.15) is 29.3 Å². The van der Waals surface area contributed by atoms with Gasteiger partial charge in [-0.25, -0.2) is 4.79 Å². The van der Waals surface area contributed by atoms with Crippen LogP contribution >= 0.6 is 0 Å². The van der Waals surface area contributed by atoms with Gasteiger partial charge in [-0.15, -0.1) is 0 Å². The van der Waals surface area contributed by atoms with E-state index in [-0.39, 0.29) is 6.04 Å². The maximum atomic E-state index is 11.9. The first-order valence-electron chi connectivity index (χ1n) is 6.07. The number of rotatable bonds is 6. The fourth-order valence-corrected chi connectivity index (χ4v) is 1.71. The Bertz CT molecular complexity index is 397. The Labute approximate surface area is 108 Å². The molecule has 0 aliphatic rings. The van der Waals surface area contributed by atoms with Crippen molar-refractivity contribution in [3.63, 3.8) is 0 Å². The zero-order chi connectivity index (χ0) is 13.5. The van der Waals surface area contributed by atoms with E-state index in [0.717, 1.165) is 18.2 Å². The summed E-state index contributed by atoms with van der Waals surface area (Å²) in [6.07, 6.45) is 1.42. The molecule has 1 aromatic carbocycles. The van der Waals surface area contributed by atoms with Gasteiger partial charge in [0.25, 0.3) is 0 Å². The van der Waals surface area contributed by atoms with Crippen molar-refractivity contribution in [2.24, 2.45) is 0 Å². The predicted molar refractivity (Wildman–Crippen MR) is 72.3 cm³/mol. The number of benzene rings is 1. The van der Waals surface area contributed by atoms with Crippen molar-refractivity contribution in [3.05, 3.63) is 35.4 Å². The van der Waals surface area contributed by atoms with Crippen molar-refractivity contribution in [3.8, 4) is 0 Å². The molecule has 2 atom stereocenters. The molecule has 18 heavy (non-hydrogen) atoms. The lowest BCUT2D eigenvalue weighted by Crippen LogP contribution is -2.41. The zero-order valence-electron chi connectivity index (χ0n) is 11.1. The van der Waals surface area contributed by atoms with E-state index >= 15 is 0 Å². The summed E-state index contributed by atoms with van der Waals surface area (Å²) in [6, 6.07) is 7.17. The fourth-order valence-electron chi connectivity index (χ4n) is 1.71. The van der Waals surface area contributed by atoms with E-state index < -0.39 is 12.1 Å². The van der Waals surface area contributed by atoms with E-state index in [1.165, 1.54) is 0 Å². The normalized spacial score (nSPS) is 13.7. The van der Waals surface area contributed by atoms with E-state index in [0.29, 0.717) is 5.56 Å². The molecule has 0 aromatic heterocycles. The number of likely N-dealkylation sites (N-methyl/N-ethyl adjacent to an activating group) is 1. The molecule has 0 bridgehead atoms. The standard InChI is InChI=1S/C14H20N2O2/c1-4-12(16-3)13(9-15)18-14(17)11-7-5-10(2)6-8-11/h5-9,12-13,15-16H,4H2,1-3H3. The molecule has 0 radical (unpaired) electrons. The van der Waals surface area contributed by atoms with Crippen LogP contribution < -0.4 is 5.32 Å². The third kappa shape index (κ3) is 3.67. The van der Waals surface area contributed by atoms with Crippen LogP contribution in [-0.2, 0) is 4.74 Å². The highest BCUT2D eigenvalue weighted by atomic mass is 16.5. The molecule has 0 saturated carbocycles. The second kappa shape index (κ2) is 6.91. The summed E-state index contributed by atoms with van der Waals surface area (Å²) in [7, 11) is 1.80. The van der Waals surface area contributed by atoms with Gasteiger partial charge >= 0.3 is 5.97 Å². The molecular weight excluding hydrogens is 228 g/mol. The third-order valence-corrected chi connectivity index (χ3v) is 2.90. The van der Waals surface area contributed by atoms with E-state index in [9.17, 15) is 4.79 Å². The topological polar surface area (TPSA) is 62.2 Å². The molecule has 0 amide bonds. The lowest BCUT2D eigenvalue weighted by molar-refractivity contribution is 0.0370. The molecule has 0 saturated heterocycles. The minimum atomic E-state index is -0.534. The van der Waals surface area contributed by atoms with Gasteiger partial charge in [-0.1, -0.05) is 24.6 Å². The lowest BCUT2D eigenvalue weighted by atomic mass is 10.1. The van der Waals surface area contributed by atoms with Gasteiger partial charge in [-0.2, -0.15) is 0 Å². The predicted octanol–water partition coefficient (Wildman–Crippen LogP) is 2.17. The average molecular weight is 248 g/mol. The Balaban J connectivity index is 2.73. The van der Waals surface area contributed by atoms with E-state index in [1.54, 1.807) is 19.2 Å². The molecule has 4 nitrogen and oxygen atoms in total. The minimum absolute atomic E-state index is 0.0306. The first kappa shape index (κ1) is 14.4. The van der Waals surface area contributed by atoms with Gasteiger partial charge in [0.2, 0.25) is 0 Å². The van der Waals surface area contributed by atoms with Gasteiger partial charge in [-0.3, -0.25) is 0 Å². The summed E-state index contributed by atoms with van der Waals surface area (Å²) >= 11 is 0. The lowest BCUT2D eigenvalue weighted by Gasteiger charge is -2.22. The molecule has 2 N–H and O–H groups in total. The SMILES string of the molecule is CCC(NC)C(C=N)OC(=O)c1ccc(C)cc1. The zero-order valence-corrected chi connectivity index (χ0v) is 11.1. The van der Waals surface area contributed by atoms with Crippen LogP contribution in [-0.4, -0.2) is 31.4 Å². The molecule has 0 heterocycles. The first-order chi connectivity index (χ1) is 8.62. The molecule has 4 heteroatoms. The molecule has 0 spiro atoms. The van der Waals surface area contributed by atoms with Gasteiger partial charge in [0.05, 0.1) is 5.56 Å². The Kier molecular flexibility index (Phi) is 5.52. The van der Waals surface area contributed by atoms with Crippen LogP contribution in [0.2, 0.25) is 0 Å². The van der Waals surface area contributed by atoms with Gasteiger partial charge in [0.1, 0.15) is 0 Å². The Morgan fingerprint density at radius 2 is 2.06 bits per heavy atom. The Morgan fingerprint density at radius 1 is 1.44 bits per heavy atom. The molecule has 1 rings (SSSR count). The van der Waals surface area contributed by atoms with Crippen molar-refractivity contribution in [2.75, 3.05) is 7.05 Å². The second-order valence-corrected chi connectivity index (χ2v) is 4.21. The molecule has 0 aliphatic carbocycles. The van der Waals surface area contributed by atoms with Crippen LogP contribution in [0.5, 0.6) is 0 Å². The van der Waals surface area contributed by atoms with Crippen LogP contribution in [0.15, 0.2) is 24.3 Å². The number of aryl methyl sites for hydroxylation is 1. The number of carbonyl (C=O) groups excluding carboxylic acids is 1. The number of ether oxygens (including phenoxy) is 1. The number of hydrogen-bond acceptors (Lipinski definition) is 4. The Morgan fingerprint density at radius 3 is 2.50 bits per heavy atom. The average Bonchev–Trinajstić information content (AvgIpc) is 2.39. The fraction of sp³-hybridized carbons (Fsp3) is 0.429. The highest BCUT2D eigenvalue weighted by molar-refractivity contribution is 5.90. The maximum Gasteiger partial charge on any atom is 0.338 e. The number of nitrogens with one attached hydrogen (secondary N) is 2. The van der Waals surface area contributed by atoms with Crippen molar-refractivity contribution >= 4 is 12.2 Å². The smallest absolute Gasteiger partial charge is 0.338 e. The van der Waals surface area contributed by atoms with Crippen LogP contribution in [0.25, 0.3) is 0 Å². The van der Waals surface area contributed by atoms with Crippen LogP contribution in [0.4, 0.5) is 0 Å². The molecule has 0 aliphatic heterocycles. The summed E-state index contributed by atoms with van der Waals surface area (Å²) in [5, 5.41) is 10.4. The monoisotopic (exact) mass is 248 g/mol. The van der Waals surface area contributed by atoms with Crippen molar-refractivity contribution in [1.82, 2.24) is 5.32 Å². The quantitative estimate of drug-likeness (QED) is 0.599. The summed E-state index contributed by atoms with van der Waals surface area (Å²) in [5.41, 5.74) is 1.61. The van der Waals surface area contributed by atoms with Gasteiger partial charge in [0.15, 0.2) is 6.10 Å². The highest BCUT2D eigenvalue weighted by Crippen LogP contribution is 2.09. The molecule has 0 fully saturated rings. The first-order valence-corrected chi connectivity index (χ1v) is 6.07. The second-order valence-electron chi connectivity index (χ2n) is 4.21. The Hall–Kier alpha value is -1.68. The number of hydrogen-bond donors (Lipinski definition) is 2. The van der Waals surface area contributed by atoms with Crippen molar-refractivity contribution < 1.29 is 9.53 Å². The summed E-state index contributed by atoms with van der Waals surface area (Å²) in [5.74, 6) is -0.391. The number of carbonyl (C=O) groups is 1. The molecular formula is C14H20N2O2. The van der Waals surface area contributed by atoms with Gasteiger partial charge in [0, 0.05) is 12.3 Å².